The molecule has 0 amide bonds. The van der Waals surface area contributed by atoms with E-state index in [1.807, 2.05) is 0 Å². The average molecular weight is 599 g/mol. The van der Waals surface area contributed by atoms with Gasteiger partial charge in [0.25, 0.3) is 0 Å². The zero-order chi connectivity index (χ0) is 13.5. The molecule has 12 nitrogen and oxygen atoms in total. The maximum atomic E-state index is 8.55. The Labute approximate surface area is 143 Å². The summed E-state index contributed by atoms with van der Waals surface area (Å²) >= 11 is 0. The molecule has 0 aromatic carbocycles. The van der Waals surface area contributed by atoms with Gasteiger partial charge in [-0.05, 0) is 0 Å². The van der Waals surface area contributed by atoms with Crippen LogP contribution < -0.4 is 44.0 Å². The van der Waals surface area contributed by atoms with Crippen LogP contribution in [0.25, 0.3) is 0 Å². The molecule has 0 aromatic rings. The van der Waals surface area contributed by atoms with Crippen molar-refractivity contribution in [2.24, 2.45) is 0 Å². The van der Waals surface area contributed by atoms with Crippen LogP contribution in [0.5, 0.6) is 0 Å². The van der Waals surface area contributed by atoms with Gasteiger partial charge >= 0.3 is 44.4 Å². The van der Waals surface area contributed by atoms with E-state index in [1.165, 1.54) is 0 Å². The molecule has 0 aromatic heterocycles. The van der Waals surface area contributed by atoms with Crippen molar-refractivity contribution in [1.82, 2.24) is 0 Å². The molecule has 0 rings (SSSR count). The Kier molecular flexibility index (Phi) is 32.4. The molecule has 0 aliphatic rings. The zero-order valence-electron chi connectivity index (χ0n) is 7.54. The van der Waals surface area contributed by atoms with E-state index >= 15 is 0 Å². The normalized spacial score (nSPS) is 9.83. The molecule has 0 aliphatic heterocycles. The fourth-order valence-electron chi connectivity index (χ4n) is 0. The second-order valence-corrected chi connectivity index (χ2v) is 4.02. The summed E-state index contributed by atoms with van der Waals surface area (Å²) in [5.41, 5.74) is 0. The summed E-state index contributed by atoms with van der Waals surface area (Å²) in [6.45, 7) is 0. The molecule has 0 saturated heterocycles. The Bertz CT molecular complexity index is 213. The quantitative estimate of drug-likeness (QED) is 0.186. The van der Waals surface area contributed by atoms with E-state index in [9.17, 15) is 0 Å². The van der Waals surface area contributed by atoms with Crippen molar-refractivity contribution in [3.8, 4) is 0 Å². The van der Waals surface area contributed by atoms with Crippen LogP contribution in [0.3, 0.4) is 0 Å². The second kappa shape index (κ2) is 15.7. The van der Waals surface area contributed by atoms with Crippen LogP contribution >= 0.6 is 23.5 Å². The summed E-state index contributed by atoms with van der Waals surface area (Å²) in [7, 11) is -16.2. The van der Waals surface area contributed by atoms with Gasteiger partial charge in [-0.2, -0.15) is 23.5 Å². The Hall–Kier alpha value is 2.36. The standard InChI is InChI=1S/Fe.3H3O4P.Pb.V/c;3*1-5(2,3)4;;/h;3*(H3,1,2,3,4);;/q+2;;;;+2;/p-9. The predicted molar refractivity (Wildman–Crippen MR) is 28.6 cm³/mol. The average Bonchev–Trinajstić information content (AvgIpc) is 1.41. The molecular formula is FeO12P3PbV-5. The van der Waals surface area contributed by atoms with E-state index in [0.717, 1.165) is 0 Å². The van der Waals surface area contributed by atoms with Crippen molar-refractivity contribution in [1.29, 1.82) is 0 Å². The molecule has 0 saturated carbocycles. The molecular weight excluding hydrogens is 599 g/mol. The van der Waals surface area contributed by atoms with Gasteiger partial charge in [-0.15, -0.1) is 0 Å². The van der Waals surface area contributed by atoms with Crippen LogP contribution in [0, 0.1) is 0 Å². The van der Waals surface area contributed by atoms with Gasteiger partial charge in [0.15, 0.2) is 0 Å². The molecule has 3 radical (unpaired) electrons. The van der Waals surface area contributed by atoms with Crippen LogP contribution in [0.2, 0.25) is 0 Å². The first-order chi connectivity index (χ1) is 6.00. The third kappa shape index (κ3) is 996. The maximum absolute atomic E-state index is 8.55. The molecule has 18 heavy (non-hydrogen) atoms. The number of hydrogen-bond acceptors (Lipinski definition) is 12. The van der Waals surface area contributed by atoms with Crippen LogP contribution in [0.1, 0.15) is 0 Å². The monoisotopic (exact) mass is 600 g/mol. The topological polar surface area (TPSA) is 259 Å². The van der Waals surface area contributed by atoms with Gasteiger partial charge in [0.05, 0.1) is 0 Å². The van der Waals surface area contributed by atoms with Crippen molar-refractivity contribution in [3.63, 3.8) is 0 Å². The first-order valence-electron chi connectivity index (χ1n) is 2.19. The first-order valence-corrected chi connectivity index (χ1v) is 6.57. The summed E-state index contributed by atoms with van der Waals surface area (Å²) in [4.78, 5) is 76.9. The minimum atomic E-state index is -5.39. The van der Waals surface area contributed by atoms with Crippen molar-refractivity contribution >= 4 is 50.8 Å². The molecule has 0 bridgehead atoms. The molecule has 18 heteroatoms. The smallest absolute Gasteiger partial charge is 0.822 e. The SMILES string of the molecule is O=P([O-])([O-])[O-].O=P([O-])([O-])[O-].O=P([O-])([O-])[O-].[Fe+2].[Pb+2].[V]. The minimum absolute atomic E-state index is 0. The number of phosphoric acid groups is 3. The van der Waals surface area contributed by atoms with Crippen LogP contribution in [-0.4, -0.2) is 27.3 Å². The number of hydrogen-bond donors (Lipinski definition) is 0. The summed E-state index contributed by atoms with van der Waals surface area (Å²) in [5, 5.41) is 0. The summed E-state index contributed by atoms with van der Waals surface area (Å²) < 4.78 is 25.6. The van der Waals surface area contributed by atoms with E-state index in [1.54, 1.807) is 0 Å². The molecule has 0 atom stereocenters. The fraction of sp³-hybridized carbons (Fsp3) is 0. The van der Waals surface area contributed by atoms with Crippen molar-refractivity contribution in [3.05, 3.63) is 0 Å². The zero-order valence-corrected chi connectivity index (χ0v) is 16.6. The molecule has 0 fully saturated rings. The Morgan fingerprint density at radius 3 is 0.500 bits per heavy atom. The van der Waals surface area contributed by atoms with Gasteiger partial charge in [-0.3, -0.25) is 0 Å². The van der Waals surface area contributed by atoms with Crippen molar-refractivity contribution in [2.75, 3.05) is 0 Å². The molecule has 0 unspecified atom stereocenters. The Morgan fingerprint density at radius 2 is 0.500 bits per heavy atom. The van der Waals surface area contributed by atoms with Crippen molar-refractivity contribution in [2.45, 2.75) is 0 Å². The predicted octanol–water partition coefficient (Wildman–Crippen LogP) is -8.86. The summed E-state index contributed by atoms with van der Waals surface area (Å²) in [6.07, 6.45) is 0. The van der Waals surface area contributed by atoms with Gasteiger partial charge in [-0.1, -0.05) is 0 Å². The van der Waals surface area contributed by atoms with Gasteiger partial charge < -0.3 is 57.7 Å². The largest absolute Gasteiger partial charge is 2.00 e. The maximum Gasteiger partial charge on any atom is 2.00 e. The number of rotatable bonds is 0. The Balaban J connectivity index is -0.0000000277. The van der Waals surface area contributed by atoms with Gasteiger partial charge in [0, 0.05) is 18.6 Å². The molecule has 0 heterocycles. The van der Waals surface area contributed by atoms with E-state index in [4.69, 9.17) is 57.7 Å². The molecule has 0 spiro atoms. The summed E-state index contributed by atoms with van der Waals surface area (Å²) in [5.74, 6) is 0. The van der Waals surface area contributed by atoms with E-state index in [2.05, 4.69) is 0 Å². The van der Waals surface area contributed by atoms with Crippen LogP contribution in [-0.2, 0) is 49.3 Å². The van der Waals surface area contributed by atoms with Crippen molar-refractivity contribution < 1.29 is 93.4 Å². The second-order valence-electron chi connectivity index (χ2n) is 1.34. The Morgan fingerprint density at radius 1 is 0.500 bits per heavy atom. The first kappa shape index (κ1) is 37.0. The van der Waals surface area contributed by atoms with Gasteiger partial charge in [-0.25, -0.2) is 0 Å². The van der Waals surface area contributed by atoms with E-state index in [0.29, 0.717) is 0 Å². The van der Waals surface area contributed by atoms with Gasteiger partial charge in [0.1, 0.15) is 0 Å². The molecule has 0 N–H and O–H groups in total. The minimum Gasteiger partial charge on any atom is -0.822 e. The fourth-order valence-corrected chi connectivity index (χ4v) is 0. The van der Waals surface area contributed by atoms with Crippen LogP contribution in [0.4, 0.5) is 0 Å². The van der Waals surface area contributed by atoms with Gasteiger partial charge in [0.2, 0.25) is 0 Å². The van der Waals surface area contributed by atoms with E-state index < -0.39 is 23.5 Å². The third-order valence-electron chi connectivity index (χ3n) is 0. The molecule has 0 aliphatic carbocycles. The van der Waals surface area contributed by atoms with E-state index in [-0.39, 0.29) is 62.9 Å². The molecule has 109 valence electrons. The van der Waals surface area contributed by atoms with Crippen LogP contribution in [0.15, 0.2) is 0 Å². The third-order valence-corrected chi connectivity index (χ3v) is 0. The summed E-state index contributed by atoms with van der Waals surface area (Å²) in [6, 6.07) is 0.